The molecule has 0 spiro atoms. The van der Waals surface area contributed by atoms with Gasteiger partial charge in [-0.25, -0.2) is 0 Å². The third kappa shape index (κ3) is 625. The number of hydrogen-bond donors (Lipinski definition) is 6. The number of aliphatic carboxylic acids is 2. The van der Waals surface area contributed by atoms with Gasteiger partial charge in [-0.05, 0) is 20.9 Å². The maximum absolute atomic E-state index is 9.00. The monoisotopic (exact) mass is 435 g/mol. The number of nitrogens with one attached hydrogen (secondary N) is 2. The molecule has 0 aromatic carbocycles. The van der Waals surface area contributed by atoms with E-state index in [1.807, 2.05) is 0 Å². The van der Waals surface area contributed by atoms with Crippen molar-refractivity contribution in [3.05, 3.63) is 20.9 Å². The van der Waals surface area contributed by atoms with Crippen molar-refractivity contribution < 1.29 is 40.9 Å². The van der Waals surface area contributed by atoms with Crippen LogP contribution < -0.4 is 12.3 Å². The standard InChI is InChI=1S/2C2H4O2.2HN3.2H3N.Pt/c2*1-2(3)4;2*1-3-2;;;/h2*1H3,(H,3,4);2*1H;2*1H3;/q;;;;;;+4. The van der Waals surface area contributed by atoms with Crippen molar-refractivity contribution in [1.29, 1.82) is 11.1 Å². The fourth-order valence-corrected chi connectivity index (χ4v) is 0. The molecule has 0 unspecified atom stereocenters. The van der Waals surface area contributed by atoms with Crippen LogP contribution in [0.4, 0.5) is 0 Å². The zero-order valence-corrected chi connectivity index (χ0v) is 11.5. The van der Waals surface area contributed by atoms with Crippen molar-refractivity contribution in [3.63, 3.8) is 0 Å². The van der Waals surface area contributed by atoms with Crippen molar-refractivity contribution >= 4 is 11.9 Å². The van der Waals surface area contributed by atoms with Gasteiger partial charge >= 0.3 is 21.1 Å². The van der Waals surface area contributed by atoms with Crippen molar-refractivity contribution in [2.45, 2.75) is 13.8 Å². The summed E-state index contributed by atoms with van der Waals surface area (Å²) in [7, 11) is 0. The molecule has 12 nitrogen and oxygen atoms in total. The molecule has 0 bridgehead atoms. The van der Waals surface area contributed by atoms with Gasteiger partial charge in [0.1, 0.15) is 0 Å². The quantitative estimate of drug-likeness (QED) is 0.188. The van der Waals surface area contributed by atoms with Gasteiger partial charge in [0.05, 0.1) is 0 Å². The minimum Gasteiger partial charge on any atom is -0.481 e. The van der Waals surface area contributed by atoms with Crippen LogP contribution in [0.2, 0.25) is 0 Å². The van der Waals surface area contributed by atoms with Gasteiger partial charge in [0.25, 0.3) is 11.9 Å². The predicted octanol–water partition coefficient (Wildman–Crippen LogP) is 2.25. The number of carboxylic acids is 2. The number of carboxylic acid groups (broad SMARTS) is 2. The number of nitrogens with zero attached hydrogens (tertiary/aromatic N) is 4. The number of rotatable bonds is 0. The largest absolute Gasteiger partial charge is 4.00 e. The first-order chi connectivity index (χ1) is 6.29. The van der Waals surface area contributed by atoms with Gasteiger partial charge in [-0.3, -0.25) is 9.59 Å². The van der Waals surface area contributed by atoms with Gasteiger partial charge in [0, 0.05) is 13.8 Å². The van der Waals surface area contributed by atoms with Gasteiger partial charge in [-0.1, -0.05) is 0 Å². The summed E-state index contributed by atoms with van der Waals surface area (Å²) in [4.78, 5) is 21.5. The fraction of sp³-hybridized carbons (Fsp3) is 0.500. The van der Waals surface area contributed by atoms with Gasteiger partial charge in [0.15, 0.2) is 0 Å². The van der Waals surface area contributed by atoms with E-state index in [-0.39, 0.29) is 33.4 Å². The summed E-state index contributed by atoms with van der Waals surface area (Å²) in [5, 5.41) is 14.8. The summed E-state index contributed by atoms with van der Waals surface area (Å²) in [6.07, 6.45) is 0. The van der Waals surface area contributed by atoms with E-state index >= 15 is 0 Å². The molecule has 0 aromatic heterocycles. The molecule has 0 radical (unpaired) electrons. The molecule has 0 aromatic rings. The van der Waals surface area contributed by atoms with E-state index in [1.54, 1.807) is 9.82 Å². The molecule has 0 saturated heterocycles. The van der Waals surface area contributed by atoms with E-state index in [4.69, 9.17) is 41.9 Å². The normalized spacial score (nSPS) is 3.88. The Bertz CT molecular complexity index is 190. The van der Waals surface area contributed by atoms with Crippen LogP contribution in [0.1, 0.15) is 13.8 Å². The zero-order chi connectivity index (χ0) is 12.6. The van der Waals surface area contributed by atoms with Crippen LogP contribution in [-0.4, -0.2) is 22.2 Å². The fourth-order valence-electron chi connectivity index (χ4n) is 0. The van der Waals surface area contributed by atoms with Crippen LogP contribution in [-0.2, 0) is 30.7 Å². The summed E-state index contributed by atoms with van der Waals surface area (Å²) in [6, 6.07) is 0. The SMILES string of the molecule is CC(=O)O.CC(=O)O.N.N.[N-]=[N+]=N.[N-]=[N+]=N.[Pt+4]. The summed E-state index contributed by atoms with van der Waals surface area (Å²) in [5.41, 5.74) is 24.5. The Labute approximate surface area is 111 Å². The van der Waals surface area contributed by atoms with Crippen LogP contribution in [0.15, 0.2) is 0 Å². The third-order valence-corrected chi connectivity index (χ3v) is 0. The first kappa shape index (κ1) is 45.6. The first-order valence-electron chi connectivity index (χ1n) is 2.70. The number of carbonyl (C=O) groups is 2. The van der Waals surface area contributed by atoms with Crippen LogP contribution in [0.3, 0.4) is 0 Å². The van der Waals surface area contributed by atoms with E-state index in [2.05, 4.69) is 0 Å². The topological polar surface area (TPSA) is 265 Å². The first-order valence-corrected chi connectivity index (χ1v) is 2.70. The van der Waals surface area contributed by atoms with Crippen LogP contribution >= 0.6 is 0 Å². The molecule has 0 aliphatic carbocycles. The van der Waals surface area contributed by atoms with Crippen LogP contribution in [0, 0.1) is 11.1 Å². The molecule has 0 aliphatic rings. The Hall–Kier alpha value is -1.83. The summed E-state index contributed by atoms with van der Waals surface area (Å²) in [5.74, 6) is -1.67. The molecule has 10 N–H and O–H groups in total. The van der Waals surface area contributed by atoms with Gasteiger partial charge in [0.2, 0.25) is 0 Å². The molecule has 102 valence electrons. The Morgan fingerprint density at radius 2 is 0.941 bits per heavy atom. The molecular formula is C4H16N8O4Pt+4. The smallest absolute Gasteiger partial charge is 0.481 e. The Balaban J connectivity index is -0.0000000149. The second kappa shape index (κ2) is 64.6. The summed E-state index contributed by atoms with van der Waals surface area (Å²) >= 11 is 0. The Kier molecular flexibility index (Phi) is 173. The van der Waals surface area contributed by atoms with E-state index in [9.17, 15) is 0 Å². The molecule has 0 fully saturated rings. The molecule has 0 aliphatic heterocycles. The van der Waals surface area contributed by atoms with E-state index in [1.165, 1.54) is 0 Å². The Morgan fingerprint density at radius 1 is 0.941 bits per heavy atom. The van der Waals surface area contributed by atoms with Crippen LogP contribution in [0.5, 0.6) is 0 Å². The van der Waals surface area contributed by atoms with Crippen molar-refractivity contribution in [1.82, 2.24) is 12.3 Å². The van der Waals surface area contributed by atoms with E-state index in [0.717, 1.165) is 13.8 Å². The second-order valence-electron chi connectivity index (χ2n) is 1.24. The van der Waals surface area contributed by atoms with E-state index in [0.29, 0.717) is 0 Å². The minimum absolute atomic E-state index is 0. The van der Waals surface area contributed by atoms with Gasteiger partial charge in [-0.2, -0.15) is 0 Å². The molecule has 0 atom stereocenters. The molecular weight excluding hydrogens is 419 g/mol. The molecule has 0 saturated carbocycles. The number of hydrogen-bond acceptors (Lipinski definition) is 6. The minimum atomic E-state index is -0.833. The van der Waals surface area contributed by atoms with E-state index < -0.39 is 11.9 Å². The average Bonchev–Trinajstić information content (AvgIpc) is 1.85. The van der Waals surface area contributed by atoms with Crippen molar-refractivity contribution in [3.8, 4) is 0 Å². The second-order valence-corrected chi connectivity index (χ2v) is 1.24. The molecule has 0 amide bonds. The van der Waals surface area contributed by atoms with Crippen molar-refractivity contribution in [2.24, 2.45) is 0 Å². The Morgan fingerprint density at radius 3 is 0.941 bits per heavy atom. The third-order valence-electron chi connectivity index (χ3n) is 0. The van der Waals surface area contributed by atoms with Gasteiger partial charge in [-0.15, -0.1) is 11.1 Å². The molecule has 0 heterocycles. The van der Waals surface area contributed by atoms with Crippen molar-refractivity contribution in [2.75, 3.05) is 0 Å². The summed E-state index contributed by atoms with van der Waals surface area (Å²) in [6.45, 7) is 2.17. The van der Waals surface area contributed by atoms with Crippen LogP contribution in [0.25, 0.3) is 20.9 Å². The molecule has 13 heteroatoms. The zero-order valence-electron chi connectivity index (χ0n) is 9.23. The maximum Gasteiger partial charge on any atom is 4.00 e. The molecule has 17 heavy (non-hydrogen) atoms. The maximum atomic E-state index is 9.00. The summed E-state index contributed by atoms with van der Waals surface area (Å²) < 4.78 is 0. The van der Waals surface area contributed by atoms with Gasteiger partial charge < -0.3 is 22.5 Å². The molecule has 0 rings (SSSR count). The predicted molar refractivity (Wildman–Crippen MR) is 55.5 cm³/mol. The average molecular weight is 435 g/mol.